The van der Waals surface area contributed by atoms with E-state index in [0.717, 1.165) is 11.3 Å². The lowest BCUT2D eigenvalue weighted by Gasteiger charge is -2.09. The van der Waals surface area contributed by atoms with Gasteiger partial charge in [-0.2, -0.15) is 0 Å². The zero-order chi connectivity index (χ0) is 17.4. The minimum atomic E-state index is -0.695. The Morgan fingerprint density at radius 2 is 1.75 bits per heavy atom. The molecule has 0 spiro atoms. The molecule has 0 aliphatic rings. The number of benzene rings is 2. The first-order valence-corrected chi connectivity index (χ1v) is 7.48. The molecule has 0 bridgehead atoms. The van der Waals surface area contributed by atoms with E-state index in [2.05, 4.69) is 10.1 Å². The highest BCUT2D eigenvalue weighted by Crippen LogP contribution is 2.22. The molecular weight excluding hydrogens is 306 g/mol. The van der Waals surface area contributed by atoms with Crippen LogP contribution in [0, 0.1) is 0 Å². The van der Waals surface area contributed by atoms with Crippen molar-refractivity contribution >= 4 is 18.0 Å². The molecule has 5 nitrogen and oxygen atoms in total. The number of nitrogens with one attached hydrogen (secondary N) is 1. The maximum absolute atomic E-state index is 11.8. The molecule has 0 radical (unpaired) electrons. The summed E-state index contributed by atoms with van der Waals surface area (Å²) in [5.74, 6) is 0.548. The maximum atomic E-state index is 11.8. The third-order valence-corrected chi connectivity index (χ3v) is 3.18. The van der Waals surface area contributed by atoms with E-state index in [-0.39, 0.29) is 5.91 Å². The second-order valence-electron chi connectivity index (χ2n) is 5.07. The predicted octanol–water partition coefficient (Wildman–Crippen LogP) is 3.17. The molecule has 24 heavy (non-hydrogen) atoms. The fourth-order valence-electron chi connectivity index (χ4n) is 1.98. The average molecular weight is 325 g/mol. The Labute approximate surface area is 140 Å². The molecule has 0 unspecified atom stereocenters. The maximum Gasteiger partial charge on any atom is 0.328 e. The summed E-state index contributed by atoms with van der Waals surface area (Å²) < 4.78 is 10.3. The number of carbonyl (C=O) groups is 2. The highest BCUT2D eigenvalue weighted by molar-refractivity contribution is 5.94. The molecule has 2 aromatic rings. The molecule has 124 valence electrons. The average Bonchev–Trinajstić information content (AvgIpc) is 2.60. The van der Waals surface area contributed by atoms with E-state index in [4.69, 9.17) is 4.74 Å². The van der Waals surface area contributed by atoms with Gasteiger partial charge in [0.1, 0.15) is 17.5 Å². The number of esters is 1. The van der Waals surface area contributed by atoms with E-state index in [1.165, 1.54) is 13.2 Å². The smallest absolute Gasteiger partial charge is 0.328 e. The Kier molecular flexibility index (Phi) is 6.14. The van der Waals surface area contributed by atoms with E-state index in [9.17, 15) is 9.59 Å². The largest absolute Gasteiger partial charge is 0.467 e. The molecule has 0 saturated heterocycles. The van der Waals surface area contributed by atoms with Crippen molar-refractivity contribution in [2.45, 2.75) is 13.0 Å². The van der Waals surface area contributed by atoms with Crippen LogP contribution in [0.2, 0.25) is 0 Å². The summed E-state index contributed by atoms with van der Waals surface area (Å²) >= 11 is 0. The Bertz CT molecular complexity index is 725. The Morgan fingerprint density at radius 1 is 1.04 bits per heavy atom. The normalized spacial score (nSPS) is 11.8. The van der Waals surface area contributed by atoms with Gasteiger partial charge in [0.2, 0.25) is 5.91 Å². The first kappa shape index (κ1) is 17.3. The van der Waals surface area contributed by atoms with Crippen molar-refractivity contribution in [3.05, 3.63) is 66.2 Å². The van der Waals surface area contributed by atoms with E-state index in [0.29, 0.717) is 5.75 Å². The van der Waals surface area contributed by atoms with Gasteiger partial charge in [0.15, 0.2) is 0 Å². The van der Waals surface area contributed by atoms with Gasteiger partial charge in [-0.1, -0.05) is 30.3 Å². The SMILES string of the molecule is COC(=O)[C@@H](C)NC(=O)/C=C/c1cccc(Oc2ccccc2)c1. The highest BCUT2D eigenvalue weighted by Gasteiger charge is 2.13. The minimum absolute atomic E-state index is 0.373. The van der Waals surface area contributed by atoms with Gasteiger partial charge >= 0.3 is 5.97 Å². The van der Waals surface area contributed by atoms with Crippen molar-refractivity contribution in [1.29, 1.82) is 0 Å². The van der Waals surface area contributed by atoms with Crippen LogP contribution in [-0.2, 0) is 14.3 Å². The molecule has 1 N–H and O–H groups in total. The monoisotopic (exact) mass is 325 g/mol. The van der Waals surface area contributed by atoms with Crippen LogP contribution in [0.1, 0.15) is 12.5 Å². The third-order valence-electron chi connectivity index (χ3n) is 3.18. The number of para-hydroxylation sites is 1. The number of methoxy groups -OCH3 is 1. The lowest BCUT2D eigenvalue weighted by molar-refractivity contribution is -0.144. The standard InChI is InChI=1S/C19H19NO4/c1-14(19(22)23-2)20-18(21)12-11-15-7-6-10-17(13-15)24-16-8-4-3-5-9-16/h3-14H,1-2H3,(H,20,21)/b12-11+/t14-/m1/s1. The summed E-state index contributed by atoms with van der Waals surface area (Å²) in [5, 5.41) is 2.52. The van der Waals surface area contributed by atoms with Gasteiger partial charge in [-0.3, -0.25) is 4.79 Å². The van der Waals surface area contributed by atoms with E-state index in [1.54, 1.807) is 13.0 Å². The van der Waals surface area contributed by atoms with Gasteiger partial charge in [-0.15, -0.1) is 0 Å². The Hall–Kier alpha value is -3.08. The molecular formula is C19H19NO4. The highest BCUT2D eigenvalue weighted by atomic mass is 16.5. The number of hydrogen-bond acceptors (Lipinski definition) is 4. The zero-order valence-corrected chi connectivity index (χ0v) is 13.6. The van der Waals surface area contributed by atoms with Crippen molar-refractivity contribution in [2.24, 2.45) is 0 Å². The van der Waals surface area contributed by atoms with Gasteiger partial charge < -0.3 is 14.8 Å². The third kappa shape index (κ3) is 5.28. The van der Waals surface area contributed by atoms with Crippen molar-refractivity contribution in [3.63, 3.8) is 0 Å². The molecule has 0 fully saturated rings. The van der Waals surface area contributed by atoms with Crippen LogP contribution in [0.15, 0.2) is 60.7 Å². The molecule has 0 heterocycles. The second-order valence-corrected chi connectivity index (χ2v) is 5.07. The lowest BCUT2D eigenvalue weighted by atomic mass is 10.2. The molecule has 0 aromatic heterocycles. The van der Waals surface area contributed by atoms with Crippen LogP contribution in [0.25, 0.3) is 6.08 Å². The first-order chi connectivity index (χ1) is 11.6. The topological polar surface area (TPSA) is 64.6 Å². The number of carbonyl (C=O) groups excluding carboxylic acids is 2. The van der Waals surface area contributed by atoms with Gasteiger partial charge in [0.25, 0.3) is 0 Å². The zero-order valence-electron chi connectivity index (χ0n) is 13.6. The number of amides is 1. The van der Waals surface area contributed by atoms with Crippen LogP contribution in [-0.4, -0.2) is 25.0 Å². The van der Waals surface area contributed by atoms with Crippen LogP contribution >= 0.6 is 0 Å². The molecule has 5 heteroatoms. The minimum Gasteiger partial charge on any atom is -0.467 e. The fourth-order valence-corrected chi connectivity index (χ4v) is 1.98. The van der Waals surface area contributed by atoms with Gasteiger partial charge in [-0.05, 0) is 42.8 Å². The van der Waals surface area contributed by atoms with Gasteiger partial charge in [-0.25, -0.2) is 4.79 Å². The molecule has 2 aromatic carbocycles. The van der Waals surface area contributed by atoms with Crippen molar-refractivity contribution in [1.82, 2.24) is 5.32 Å². The summed E-state index contributed by atoms with van der Waals surface area (Å²) in [4.78, 5) is 23.0. The quantitative estimate of drug-likeness (QED) is 0.654. The number of ether oxygens (including phenoxy) is 2. The summed E-state index contributed by atoms with van der Waals surface area (Å²) in [7, 11) is 1.28. The van der Waals surface area contributed by atoms with Crippen LogP contribution in [0.3, 0.4) is 0 Å². The summed E-state index contributed by atoms with van der Waals surface area (Å²) in [6.45, 7) is 1.56. The van der Waals surface area contributed by atoms with E-state index >= 15 is 0 Å². The molecule has 0 aliphatic carbocycles. The number of hydrogen-bond donors (Lipinski definition) is 1. The van der Waals surface area contributed by atoms with Crippen LogP contribution < -0.4 is 10.1 Å². The van der Waals surface area contributed by atoms with Crippen molar-refractivity contribution in [3.8, 4) is 11.5 Å². The van der Waals surface area contributed by atoms with Gasteiger partial charge in [0, 0.05) is 6.08 Å². The van der Waals surface area contributed by atoms with Crippen molar-refractivity contribution < 1.29 is 19.1 Å². The molecule has 1 amide bonds. The predicted molar refractivity (Wildman–Crippen MR) is 91.6 cm³/mol. The van der Waals surface area contributed by atoms with Crippen LogP contribution in [0.5, 0.6) is 11.5 Å². The molecule has 1 atom stereocenters. The first-order valence-electron chi connectivity index (χ1n) is 7.48. The fraction of sp³-hybridized carbons (Fsp3) is 0.158. The molecule has 0 aliphatic heterocycles. The number of rotatable bonds is 6. The lowest BCUT2D eigenvalue weighted by Crippen LogP contribution is -2.38. The Balaban J connectivity index is 1.98. The second kappa shape index (κ2) is 8.53. The van der Waals surface area contributed by atoms with Gasteiger partial charge in [0.05, 0.1) is 7.11 Å². The summed E-state index contributed by atoms with van der Waals surface area (Å²) in [5.41, 5.74) is 0.810. The molecule has 0 saturated carbocycles. The summed E-state index contributed by atoms with van der Waals surface area (Å²) in [6.07, 6.45) is 3.01. The van der Waals surface area contributed by atoms with E-state index < -0.39 is 12.0 Å². The van der Waals surface area contributed by atoms with E-state index in [1.807, 2.05) is 54.6 Å². The van der Waals surface area contributed by atoms with Crippen molar-refractivity contribution in [2.75, 3.05) is 7.11 Å². The summed E-state index contributed by atoms with van der Waals surface area (Å²) in [6, 6.07) is 16.1. The molecule has 2 rings (SSSR count). The Morgan fingerprint density at radius 3 is 2.46 bits per heavy atom. The van der Waals surface area contributed by atoms with Crippen LogP contribution in [0.4, 0.5) is 0 Å².